The molecule has 14 heteroatoms. The quantitative estimate of drug-likeness (QED) is 0.119. The van der Waals surface area contributed by atoms with Crippen LogP contribution in [0.15, 0.2) is 35.4 Å². The van der Waals surface area contributed by atoms with Gasteiger partial charge in [-0.25, -0.2) is 5.53 Å². The van der Waals surface area contributed by atoms with Crippen molar-refractivity contribution >= 4 is 29.3 Å². The summed E-state index contributed by atoms with van der Waals surface area (Å²) in [4.78, 5) is 59.2. The maximum atomic E-state index is 14.3. The molecular formula is C40H68N8O6. The van der Waals surface area contributed by atoms with Crippen molar-refractivity contribution in [3.8, 4) is 0 Å². The van der Waals surface area contributed by atoms with Gasteiger partial charge in [-0.05, 0) is 49.6 Å². The second-order valence-electron chi connectivity index (χ2n) is 15.7. The summed E-state index contributed by atoms with van der Waals surface area (Å²) < 4.78 is 12.1. The van der Waals surface area contributed by atoms with Gasteiger partial charge in [0.25, 0.3) is 0 Å². The highest BCUT2D eigenvalue weighted by Crippen LogP contribution is 2.31. The third kappa shape index (κ3) is 11.5. The Morgan fingerprint density at radius 3 is 2.22 bits per heavy atom. The van der Waals surface area contributed by atoms with Crippen LogP contribution in [0, 0.1) is 29.6 Å². The van der Waals surface area contributed by atoms with Gasteiger partial charge in [0.15, 0.2) is 11.6 Å². The van der Waals surface area contributed by atoms with E-state index in [1.54, 1.807) is 33.2 Å². The van der Waals surface area contributed by atoms with Crippen molar-refractivity contribution in [2.45, 2.75) is 123 Å². The maximum Gasteiger partial charge on any atom is 0.226 e. The average molecular weight is 757 g/mol. The lowest BCUT2D eigenvalue weighted by Gasteiger charge is -2.41. The number of likely N-dealkylation sites (tertiary alicyclic amines) is 1. The molecule has 2 aliphatic rings. The van der Waals surface area contributed by atoms with Gasteiger partial charge in [0.05, 0.1) is 48.7 Å². The second-order valence-corrected chi connectivity index (χ2v) is 15.7. The van der Waals surface area contributed by atoms with Crippen molar-refractivity contribution in [2.75, 3.05) is 34.9 Å². The fraction of sp³-hybridized carbons (Fsp3) is 0.725. The van der Waals surface area contributed by atoms with Crippen molar-refractivity contribution in [2.24, 2.45) is 34.7 Å². The van der Waals surface area contributed by atoms with Crippen LogP contribution in [0.1, 0.15) is 86.1 Å². The second kappa shape index (κ2) is 21.5. The molecule has 5 N–H and O–H groups in total. The van der Waals surface area contributed by atoms with Gasteiger partial charge in [-0.2, -0.15) is 0 Å². The van der Waals surface area contributed by atoms with E-state index in [-0.39, 0.29) is 66.2 Å². The number of hydrazine groups is 2. The van der Waals surface area contributed by atoms with Crippen LogP contribution in [-0.4, -0.2) is 110 Å². The molecule has 1 unspecified atom stereocenters. The molecule has 1 aromatic carbocycles. The molecule has 0 bridgehead atoms. The zero-order valence-corrected chi connectivity index (χ0v) is 34.5. The van der Waals surface area contributed by atoms with Crippen molar-refractivity contribution in [1.82, 2.24) is 36.9 Å². The van der Waals surface area contributed by atoms with Crippen LogP contribution in [0.2, 0.25) is 0 Å². The van der Waals surface area contributed by atoms with Crippen LogP contribution in [0.25, 0.3) is 0 Å². The number of Topliss-reactive ketones (excluding diaryl/α,β-unsaturated/α-hetero) is 1. The van der Waals surface area contributed by atoms with E-state index in [4.69, 9.17) is 9.47 Å². The molecule has 0 radical (unpaired) electrons. The van der Waals surface area contributed by atoms with Crippen LogP contribution in [0.3, 0.4) is 0 Å². The summed E-state index contributed by atoms with van der Waals surface area (Å²) in [5, 5.41) is 10.5. The van der Waals surface area contributed by atoms with Crippen molar-refractivity contribution in [3.05, 3.63) is 35.9 Å². The number of benzene rings is 1. The Labute approximate surface area is 323 Å². The summed E-state index contributed by atoms with van der Waals surface area (Å²) in [6.07, 6.45) is 1.80. The molecular weight excluding hydrogens is 688 g/mol. The van der Waals surface area contributed by atoms with Crippen molar-refractivity contribution in [1.29, 1.82) is 0 Å². The molecule has 0 aliphatic carbocycles. The molecule has 1 aromatic rings. The molecule has 1 fully saturated rings. The summed E-state index contributed by atoms with van der Waals surface area (Å²) in [5.74, 6) is -0.908. The third-order valence-electron chi connectivity index (χ3n) is 11.5. The number of ether oxygens (including phenoxy) is 2. The minimum absolute atomic E-state index is 0.0129. The number of carbonyl (C=O) groups excluding carboxylic acids is 4. The van der Waals surface area contributed by atoms with Gasteiger partial charge in [0, 0.05) is 40.2 Å². The van der Waals surface area contributed by atoms with Crippen molar-refractivity contribution in [3.63, 3.8) is 0 Å². The van der Waals surface area contributed by atoms with E-state index in [2.05, 4.69) is 46.1 Å². The van der Waals surface area contributed by atoms with E-state index in [1.807, 2.05) is 69.9 Å². The molecule has 3 rings (SSSR count). The van der Waals surface area contributed by atoms with Gasteiger partial charge in [-0.1, -0.05) is 85.2 Å². The van der Waals surface area contributed by atoms with E-state index >= 15 is 0 Å². The maximum absolute atomic E-state index is 14.3. The molecule has 0 aromatic heterocycles. The summed E-state index contributed by atoms with van der Waals surface area (Å²) >= 11 is 0. The van der Waals surface area contributed by atoms with E-state index in [0.717, 1.165) is 18.4 Å². The molecule has 54 heavy (non-hydrogen) atoms. The Hall–Kier alpha value is -3.59. The largest absolute Gasteiger partial charge is 0.379 e. The SMILES string of the molecule is CC[C@H](C)[C@@H]([C@@H](CC(=O)N1CCC[C@H]1[C@H](OC)[C@@H](C)C(=O)N[C@@H](Cc1ccccc1)C1=NNNN1)OC)N(C)C(=O)[C@@H](CC(=O)C(NC)C(C)C)C(C)C. The number of amides is 3. The fourth-order valence-electron chi connectivity index (χ4n) is 8.13. The van der Waals surface area contributed by atoms with E-state index in [1.165, 1.54) is 0 Å². The van der Waals surface area contributed by atoms with E-state index in [9.17, 15) is 19.2 Å². The number of hydrazone groups is 1. The smallest absolute Gasteiger partial charge is 0.226 e. The molecule has 0 spiro atoms. The average Bonchev–Trinajstić information content (AvgIpc) is 3.87. The lowest BCUT2D eigenvalue weighted by atomic mass is 9.84. The van der Waals surface area contributed by atoms with Crippen LogP contribution >= 0.6 is 0 Å². The van der Waals surface area contributed by atoms with E-state index < -0.39 is 36.1 Å². The number of ketones is 1. The molecule has 3 amide bonds. The van der Waals surface area contributed by atoms with Crippen LogP contribution in [0.5, 0.6) is 0 Å². The van der Waals surface area contributed by atoms with Crippen LogP contribution in [0.4, 0.5) is 0 Å². The Morgan fingerprint density at radius 1 is 1.00 bits per heavy atom. The predicted molar refractivity (Wildman–Crippen MR) is 211 cm³/mol. The van der Waals surface area contributed by atoms with Crippen molar-refractivity contribution < 1.29 is 28.7 Å². The molecule has 0 saturated carbocycles. The first-order valence-electron chi connectivity index (χ1n) is 19.7. The lowest BCUT2D eigenvalue weighted by molar-refractivity contribution is -0.149. The number of methoxy groups -OCH3 is 2. The lowest BCUT2D eigenvalue weighted by Crippen LogP contribution is -2.55. The Kier molecular flexibility index (Phi) is 17.8. The summed E-state index contributed by atoms with van der Waals surface area (Å²) in [7, 11) is 6.72. The fourth-order valence-corrected chi connectivity index (χ4v) is 8.13. The zero-order valence-electron chi connectivity index (χ0n) is 34.5. The zero-order chi connectivity index (χ0) is 40.1. The molecule has 2 heterocycles. The first kappa shape index (κ1) is 44.8. The van der Waals surface area contributed by atoms with Gasteiger partial charge in [-0.3, -0.25) is 24.6 Å². The molecule has 9 atom stereocenters. The first-order valence-corrected chi connectivity index (χ1v) is 19.7. The number of nitrogens with zero attached hydrogens (tertiary/aromatic N) is 3. The molecule has 1 saturated heterocycles. The third-order valence-corrected chi connectivity index (χ3v) is 11.5. The molecule has 2 aliphatic heterocycles. The number of hydrogen-bond donors (Lipinski definition) is 5. The van der Waals surface area contributed by atoms with Gasteiger partial charge in [0.1, 0.15) is 0 Å². The first-order chi connectivity index (χ1) is 25.7. The number of amidine groups is 1. The monoisotopic (exact) mass is 757 g/mol. The van der Waals surface area contributed by atoms with Gasteiger partial charge < -0.3 is 29.9 Å². The van der Waals surface area contributed by atoms with Crippen LogP contribution < -0.4 is 27.1 Å². The predicted octanol–water partition coefficient (Wildman–Crippen LogP) is 3.04. The van der Waals surface area contributed by atoms with Gasteiger partial charge >= 0.3 is 0 Å². The Bertz CT molecular complexity index is 1390. The highest BCUT2D eigenvalue weighted by Gasteiger charge is 2.43. The number of rotatable bonds is 22. The topological polar surface area (TPSA) is 166 Å². The standard InChI is InChI=1S/C40H68N8O6/c1-12-26(6)36(47(9)40(52)29(24(2)3)22-32(49)35(41-8)25(4)5)33(53-10)23-34(50)48-20-16-19-31(48)37(54-11)27(7)39(51)42-30(38-43-45-46-44-38)21-28-17-14-13-15-18-28/h13-15,17-18,24-27,29-31,33,35-37,41,45-46H,12,16,19-23H2,1-11H3,(H,42,51)(H,43,44)/t26-,27+,29-,30-,31-,33+,35?,36-,37+/m0/s1. The van der Waals surface area contributed by atoms with Crippen LogP contribution in [-0.2, 0) is 35.1 Å². The highest BCUT2D eigenvalue weighted by molar-refractivity contribution is 5.92. The normalized spacial score (nSPS) is 20.2. The number of likely N-dealkylation sites (N-methyl/N-ethyl adjacent to an activating group) is 2. The van der Waals surface area contributed by atoms with E-state index in [0.29, 0.717) is 25.2 Å². The van der Waals surface area contributed by atoms with Gasteiger partial charge in [0.2, 0.25) is 17.7 Å². The Morgan fingerprint density at radius 2 is 1.69 bits per heavy atom. The minimum atomic E-state index is -0.589. The van der Waals surface area contributed by atoms with Gasteiger partial charge in [-0.15, -0.1) is 10.6 Å². The highest BCUT2D eigenvalue weighted by atomic mass is 16.5. The minimum Gasteiger partial charge on any atom is -0.379 e. The number of nitrogens with one attached hydrogen (secondary N) is 5. The summed E-state index contributed by atoms with van der Waals surface area (Å²) in [5.41, 5.74) is 9.43. The number of hydrogen-bond acceptors (Lipinski definition) is 11. The molecule has 304 valence electrons. The number of carbonyl (C=O) groups is 4. The summed E-state index contributed by atoms with van der Waals surface area (Å²) in [6, 6.07) is 8.37. The summed E-state index contributed by atoms with van der Waals surface area (Å²) in [6.45, 7) is 14.4. The molecule has 14 nitrogen and oxygen atoms in total. The Balaban J connectivity index is 1.78.